The number of halogens is 2. The molecule has 3 aromatic carbocycles. The number of thiazole rings is 1. The van der Waals surface area contributed by atoms with E-state index in [1.807, 2.05) is 67.6 Å². The maximum absolute atomic E-state index is 13.1. The zero-order valence-corrected chi connectivity index (χ0v) is 20.5. The van der Waals surface area contributed by atoms with Gasteiger partial charge in [-0.25, -0.2) is 9.38 Å². The molecule has 5 rings (SSSR count). The molecule has 5 aromatic rings. The van der Waals surface area contributed by atoms with Gasteiger partial charge in [0.15, 0.2) is 4.96 Å². The summed E-state index contributed by atoms with van der Waals surface area (Å²) in [6.07, 6.45) is 1.89. The number of ether oxygens (including phenoxy) is 1. The number of imidazole rings is 1. The molecular weight excluding hydrogens is 508 g/mol. The number of benzene rings is 3. The summed E-state index contributed by atoms with van der Waals surface area (Å²) < 4.78 is 9.10. The Hall–Kier alpha value is -2.67. The molecule has 32 heavy (non-hydrogen) atoms. The highest BCUT2D eigenvalue weighted by Gasteiger charge is 2.12. The Kier molecular flexibility index (Phi) is 5.53. The zero-order chi connectivity index (χ0) is 22.4. The topological polar surface area (TPSA) is 43.6 Å². The van der Waals surface area contributed by atoms with Crippen LogP contribution < -0.4 is 14.8 Å². The molecule has 0 aliphatic heterocycles. The average molecular weight is 526 g/mol. The van der Waals surface area contributed by atoms with Crippen LogP contribution in [0.4, 0.5) is 0 Å². The summed E-state index contributed by atoms with van der Waals surface area (Å²) in [6, 6.07) is 17.4. The van der Waals surface area contributed by atoms with Crippen molar-refractivity contribution in [3.63, 3.8) is 0 Å². The molecule has 2 aromatic heterocycles. The van der Waals surface area contributed by atoms with Crippen molar-refractivity contribution in [2.45, 2.75) is 20.5 Å². The quantitative estimate of drug-likeness (QED) is 0.286. The Bertz CT molecular complexity index is 1590. The lowest BCUT2D eigenvalue weighted by molar-refractivity contribution is 0.304. The van der Waals surface area contributed by atoms with E-state index in [0.717, 1.165) is 37.9 Å². The average Bonchev–Trinajstić information content (AvgIpc) is 3.25. The molecule has 160 valence electrons. The highest BCUT2D eigenvalue weighted by Crippen LogP contribution is 2.27. The van der Waals surface area contributed by atoms with Gasteiger partial charge < -0.3 is 4.74 Å². The Morgan fingerprint density at radius 1 is 1.09 bits per heavy atom. The van der Waals surface area contributed by atoms with Crippen LogP contribution in [0.1, 0.15) is 22.3 Å². The molecule has 0 radical (unpaired) electrons. The van der Waals surface area contributed by atoms with Gasteiger partial charge >= 0.3 is 0 Å². The van der Waals surface area contributed by atoms with Gasteiger partial charge in [-0.15, -0.1) is 0 Å². The van der Waals surface area contributed by atoms with Crippen LogP contribution >= 0.6 is 38.9 Å². The third-order valence-corrected chi connectivity index (χ3v) is 7.26. The molecule has 0 aliphatic carbocycles. The van der Waals surface area contributed by atoms with Crippen LogP contribution in [0.25, 0.3) is 22.1 Å². The smallest absolute Gasteiger partial charge is 0.274 e. The lowest BCUT2D eigenvalue weighted by Gasteiger charge is -2.09. The summed E-state index contributed by atoms with van der Waals surface area (Å²) in [4.78, 5) is 18.5. The molecule has 0 saturated carbocycles. The molecule has 0 bridgehead atoms. The van der Waals surface area contributed by atoms with Gasteiger partial charge in [-0.3, -0.25) is 4.79 Å². The summed E-state index contributed by atoms with van der Waals surface area (Å²) in [5, 5.41) is 0.701. The summed E-state index contributed by atoms with van der Waals surface area (Å²) in [5.74, 6) is 0.734. The van der Waals surface area contributed by atoms with Gasteiger partial charge in [0.1, 0.15) is 12.4 Å². The Morgan fingerprint density at radius 3 is 2.59 bits per heavy atom. The highest BCUT2D eigenvalue weighted by molar-refractivity contribution is 9.10. The fraction of sp³-hybridized carbons (Fsp3) is 0.120. The van der Waals surface area contributed by atoms with Crippen LogP contribution in [0.15, 0.2) is 63.9 Å². The van der Waals surface area contributed by atoms with E-state index in [1.165, 1.54) is 16.9 Å². The van der Waals surface area contributed by atoms with Gasteiger partial charge in [-0.1, -0.05) is 41.1 Å². The molecule has 0 fully saturated rings. The molecule has 7 heteroatoms. The monoisotopic (exact) mass is 524 g/mol. The van der Waals surface area contributed by atoms with E-state index < -0.39 is 0 Å². The molecule has 4 nitrogen and oxygen atoms in total. The summed E-state index contributed by atoms with van der Waals surface area (Å²) >= 11 is 10.9. The van der Waals surface area contributed by atoms with E-state index in [1.54, 1.807) is 4.40 Å². The highest BCUT2D eigenvalue weighted by atomic mass is 79.9. The van der Waals surface area contributed by atoms with Crippen molar-refractivity contribution in [2.24, 2.45) is 0 Å². The first-order valence-corrected chi connectivity index (χ1v) is 12.0. The molecule has 0 unspecified atom stereocenters. The normalized spacial score (nSPS) is 12.2. The van der Waals surface area contributed by atoms with E-state index in [0.29, 0.717) is 21.1 Å². The first-order valence-electron chi connectivity index (χ1n) is 10.00. The van der Waals surface area contributed by atoms with Crippen LogP contribution in [0.3, 0.4) is 0 Å². The van der Waals surface area contributed by atoms with Gasteiger partial charge in [0, 0.05) is 5.02 Å². The molecule has 0 N–H and O–H groups in total. The zero-order valence-electron chi connectivity index (χ0n) is 17.4. The predicted molar refractivity (Wildman–Crippen MR) is 135 cm³/mol. The van der Waals surface area contributed by atoms with Crippen LogP contribution in [0.5, 0.6) is 5.75 Å². The number of nitrogens with zero attached hydrogens (tertiary/aromatic N) is 2. The minimum absolute atomic E-state index is 0.0464. The van der Waals surface area contributed by atoms with Crippen molar-refractivity contribution in [1.82, 2.24) is 9.38 Å². The van der Waals surface area contributed by atoms with Crippen LogP contribution in [0.2, 0.25) is 5.02 Å². The first kappa shape index (κ1) is 21.2. The van der Waals surface area contributed by atoms with Gasteiger partial charge in [0.25, 0.3) is 5.56 Å². The number of rotatable bonds is 4. The van der Waals surface area contributed by atoms with Crippen molar-refractivity contribution < 1.29 is 4.74 Å². The number of aryl methyl sites for hydroxylation is 2. The maximum Gasteiger partial charge on any atom is 0.274 e. The van der Waals surface area contributed by atoms with E-state index in [2.05, 4.69) is 27.8 Å². The van der Waals surface area contributed by atoms with E-state index in [4.69, 9.17) is 16.3 Å². The largest absolute Gasteiger partial charge is 0.488 e. The Labute approximate surface area is 201 Å². The van der Waals surface area contributed by atoms with Crippen LogP contribution in [0, 0.1) is 13.8 Å². The fourth-order valence-corrected chi connectivity index (χ4v) is 5.16. The molecule has 0 aliphatic rings. The lowest BCUT2D eigenvalue weighted by atomic mass is 10.1. The minimum Gasteiger partial charge on any atom is -0.488 e. The predicted octanol–water partition coefficient (Wildman–Crippen LogP) is 6.07. The molecule has 0 amide bonds. The van der Waals surface area contributed by atoms with Gasteiger partial charge in [-0.05, 0) is 94.5 Å². The third kappa shape index (κ3) is 3.94. The molecule has 0 spiro atoms. The minimum atomic E-state index is -0.0464. The number of hydrogen-bond donors (Lipinski definition) is 0. The van der Waals surface area contributed by atoms with Gasteiger partial charge in [-0.2, -0.15) is 0 Å². The fourth-order valence-electron chi connectivity index (χ4n) is 3.54. The first-order chi connectivity index (χ1) is 15.4. The SMILES string of the molecule is Cc1cc2nc3s/c(=C\c4ccc(OCc5ccc(Cl)cc5)c(Br)c4)c(=O)n3c2cc1C. The third-order valence-electron chi connectivity index (χ3n) is 5.42. The molecule has 2 heterocycles. The molecule has 0 saturated heterocycles. The second-order valence-electron chi connectivity index (χ2n) is 7.68. The van der Waals surface area contributed by atoms with Crippen LogP contribution in [-0.4, -0.2) is 9.38 Å². The Morgan fingerprint density at radius 2 is 1.84 bits per heavy atom. The van der Waals surface area contributed by atoms with Crippen molar-refractivity contribution in [1.29, 1.82) is 0 Å². The van der Waals surface area contributed by atoms with E-state index in [9.17, 15) is 4.79 Å². The van der Waals surface area contributed by atoms with Gasteiger partial charge in [0.05, 0.1) is 20.0 Å². The standard InChI is InChI=1S/C25H18BrClN2O2S/c1-14-9-20-21(10-15(14)2)29-24(30)23(32-25(29)28-20)12-17-5-8-22(19(26)11-17)31-13-16-3-6-18(27)7-4-16/h3-12H,13H2,1-2H3/b23-12-. The van der Waals surface area contributed by atoms with Crippen molar-refractivity contribution in [2.75, 3.05) is 0 Å². The van der Waals surface area contributed by atoms with Crippen molar-refractivity contribution in [3.8, 4) is 5.75 Å². The maximum atomic E-state index is 13.1. The lowest BCUT2D eigenvalue weighted by Crippen LogP contribution is -2.22. The number of fused-ring (bicyclic) bond motifs is 3. The summed E-state index contributed by atoms with van der Waals surface area (Å²) in [6.45, 7) is 4.55. The number of aromatic nitrogens is 2. The van der Waals surface area contributed by atoms with Crippen molar-refractivity contribution >= 4 is 60.9 Å². The number of hydrogen-bond acceptors (Lipinski definition) is 4. The second kappa shape index (κ2) is 8.35. The molecule has 0 atom stereocenters. The van der Waals surface area contributed by atoms with E-state index in [-0.39, 0.29) is 5.56 Å². The Balaban J connectivity index is 1.46. The summed E-state index contributed by atoms with van der Waals surface area (Å²) in [5.41, 5.74) is 5.93. The van der Waals surface area contributed by atoms with Gasteiger partial charge in [0.2, 0.25) is 0 Å². The van der Waals surface area contributed by atoms with Crippen LogP contribution in [-0.2, 0) is 6.61 Å². The van der Waals surface area contributed by atoms with E-state index >= 15 is 0 Å². The van der Waals surface area contributed by atoms with Crippen molar-refractivity contribution in [3.05, 3.63) is 101 Å². The molecular formula is C25H18BrClN2O2S. The summed E-state index contributed by atoms with van der Waals surface area (Å²) in [7, 11) is 0. The second-order valence-corrected chi connectivity index (χ2v) is 9.98.